The summed E-state index contributed by atoms with van der Waals surface area (Å²) < 4.78 is 0. The zero-order valence-corrected chi connectivity index (χ0v) is 13.0. The Kier molecular flexibility index (Phi) is 6.98. The van der Waals surface area contributed by atoms with Gasteiger partial charge < -0.3 is 21.3 Å². The van der Waals surface area contributed by atoms with E-state index in [0.29, 0.717) is 29.5 Å². The number of hydrogen-bond acceptors (Lipinski definition) is 4. The molecular formula is C14H21ClN4O2. The van der Waals surface area contributed by atoms with Gasteiger partial charge in [0.1, 0.15) is 0 Å². The van der Waals surface area contributed by atoms with E-state index in [1.54, 1.807) is 12.1 Å². The second kappa shape index (κ2) is 8.49. The molecule has 1 aromatic rings. The Labute approximate surface area is 129 Å². The maximum Gasteiger partial charge on any atom is 0.313 e. The van der Waals surface area contributed by atoms with Crippen LogP contribution in [0.25, 0.3) is 0 Å². The number of amides is 2. The molecule has 0 aromatic heterocycles. The van der Waals surface area contributed by atoms with Gasteiger partial charge in [-0.2, -0.15) is 0 Å². The number of rotatable bonds is 6. The molecular weight excluding hydrogens is 292 g/mol. The van der Waals surface area contributed by atoms with E-state index >= 15 is 0 Å². The molecule has 0 aliphatic heterocycles. The smallest absolute Gasteiger partial charge is 0.313 e. The Morgan fingerprint density at radius 2 is 1.90 bits per heavy atom. The highest BCUT2D eigenvalue weighted by molar-refractivity contribution is 6.40. The Hall–Kier alpha value is -1.79. The van der Waals surface area contributed by atoms with Gasteiger partial charge in [-0.05, 0) is 31.3 Å². The van der Waals surface area contributed by atoms with Crippen molar-refractivity contribution in [2.45, 2.75) is 13.8 Å². The molecule has 1 aromatic carbocycles. The van der Waals surface area contributed by atoms with Crippen molar-refractivity contribution in [1.29, 1.82) is 0 Å². The largest absolute Gasteiger partial charge is 0.398 e. The van der Waals surface area contributed by atoms with Gasteiger partial charge in [-0.3, -0.25) is 9.59 Å². The number of anilines is 2. The van der Waals surface area contributed by atoms with Gasteiger partial charge in [-0.15, -0.1) is 0 Å². The summed E-state index contributed by atoms with van der Waals surface area (Å²) in [5.41, 5.74) is 6.42. The molecule has 1 rings (SSSR count). The number of nitrogens with one attached hydrogen (secondary N) is 2. The lowest BCUT2D eigenvalue weighted by atomic mass is 10.3. The summed E-state index contributed by atoms with van der Waals surface area (Å²) in [6.07, 6.45) is 0. The summed E-state index contributed by atoms with van der Waals surface area (Å²) in [5, 5.41) is 5.38. The lowest BCUT2D eigenvalue weighted by molar-refractivity contribution is -0.136. The first-order valence-corrected chi connectivity index (χ1v) is 7.22. The Morgan fingerprint density at radius 1 is 1.24 bits per heavy atom. The number of carbonyl (C=O) groups excluding carboxylic acids is 2. The minimum atomic E-state index is -0.726. The summed E-state index contributed by atoms with van der Waals surface area (Å²) in [6, 6.07) is 4.65. The van der Waals surface area contributed by atoms with Crippen LogP contribution >= 0.6 is 11.6 Å². The van der Waals surface area contributed by atoms with E-state index in [4.69, 9.17) is 17.3 Å². The van der Waals surface area contributed by atoms with Gasteiger partial charge in [0.05, 0.1) is 10.7 Å². The van der Waals surface area contributed by atoms with Crippen molar-refractivity contribution in [3.63, 3.8) is 0 Å². The first-order valence-electron chi connectivity index (χ1n) is 6.84. The van der Waals surface area contributed by atoms with Gasteiger partial charge in [0.2, 0.25) is 0 Å². The summed E-state index contributed by atoms with van der Waals surface area (Å²) in [7, 11) is 0. The summed E-state index contributed by atoms with van der Waals surface area (Å²) in [5.74, 6) is -1.40. The fourth-order valence-electron chi connectivity index (χ4n) is 1.74. The predicted molar refractivity (Wildman–Crippen MR) is 85.3 cm³/mol. The molecule has 21 heavy (non-hydrogen) atoms. The molecule has 7 heteroatoms. The molecule has 0 atom stereocenters. The van der Waals surface area contributed by atoms with Gasteiger partial charge in [-0.1, -0.05) is 25.4 Å². The van der Waals surface area contributed by atoms with Crippen LogP contribution < -0.4 is 16.4 Å². The van der Waals surface area contributed by atoms with Crippen molar-refractivity contribution in [2.75, 3.05) is 37.2 Å². The summed E-state index contributed by atoms with van der Waals surface area (Å²) in [4.78, 5) is 25.5. The lowest BCUT2D eigenvalue weighted by Crippen LogP contribution is -2.40. The van der Waals surface area contributed by atoms with Gasteiger partial charge >= 0.3 is 11.8 Å². The number of nitrogens with zero attached hydrogens (tertiary/aromatic N) is 1. The fourth-order valence-corrected chi connectivity index (χ4v) is 1.92. The zero-order chi connectivity index (χ0) is 15.8. The summed E-state index contributed by atoms with van der Waals surface area (Å²) in [6.45, 7) is 7.03. The number of halogens is 1. The van der Waals surface area contributed by atoms with E-state index < -0.39 is 11.8 Å². The highest BCUT2D eigenvalue weighted by atomic mass is 35.5. The van der Waals surface area contributed by atoms with E-state index in [-0.39, 0.29) is 0 Å². The van der Waals surface area contributed by atoms with E-state index in [1.807, 2.05) is 13.8 Å². The molecule has 0 saturated carbocycles. The van der Waals surface area contributed by atoms with E-state index in [2.05, 4.69) is 15.5 Å². The van der Waals surface area contributed by atoms with Gasteiger partial charge in [-0.25, -0.2) is 0 Å². The molecule has 2 amide bonds. The Balaban J connectivity index is 2.44. The predicted octanol–water partition coefficient (Wildman–Crippen LogP) is 1.32. The molecule has 4 N–H and O–H groups in total. The topological polar surface area (TPSA) is 87.5 Å². The third-order valence-corrected chi connectivity index (χ3v) is 3.40. The number of likely N-dealkylation sites (N-methyl/N-ethyl adjacent to an activating group) is 1. The molecule has 0 aliphatic carbocycles. The number of benzene rings is 1. The molecule has 0 saturated heterocycles. The van der Waals surface area contributed by atoms with Crippen LogP contribution in [0.1, 0.15) is 13.8 Å². The van der Waals surface area contributed by atoms with Crippen molar-refractivity contribution in [3.8, 4) is 0 Å². The molecule has 0 bridgehead atoms. The van der Waals surface area contributed by atoms with E-state index in [0.717, 1.165) is 13.1 Å². The first kappa shape index (κ1) is 17.3. The monoisotopic (exact) mass is 312 g/mol. The summed E-state index contributed by atoms with van der Waals surface area (Å²) >= 11 is 5.84. The zero-order valence-electron chi connectivity index (χ0n) is 12.3. The number of hydrogen-bond donors (Lipinski definition) is 3. The van der Waals surface area contributed by atoms with Crippen molar-refractivity contribution >= 4 is 34.8 Å². The van der Waals surface area contributed by atoms with Crippen LogP contribution in [-0.4, -0.2) is 42.9 Å². The standard InChI is InChI=1S/C14H21ClN4O2/c1-3-19(4-2)8-7-17-13(20)14(21)18-10-5-6-12(16)11(15)9-10/h5-6,9H,3-4,7-8,16H2,1-2H3,(H,17,20)(H,18,21). The highest BCUT2D eigenvalue weighted by Gasteiger charge is 2.13. The molecule has 116 valence electrons. The molecule has 0 radical (unpaired) electrons. The van der Waals surface area contributed by atoms with Gasteiger partial charge in [0.15, 0.2) is 0 Å². The van der Waals surface area contributed by atoms with Crippen molar-refractivity contribution in [3.05, 3.63) is 23.2 Å². The maximum absolute atomic E-state index is 11.7. The minimum absolute atomic E-state index is 0.328. The molecule has 0 heterocycles. The van der Waals surface area contributed by atoms with Crippen molar-refractivity contribution < 1.29 is 9.59 Å². The molecule has 6 nitrogen and oxygen atoms in total. The number of nitrogens with two attached hydrogens (primary N) is 1. The van der Waals surface area contributed by atoms with E-state index in [9.17, 15) is 9.59 Å². The second-order valence-corrected chi connectivity index (χ2v) is 4.88. The number of nitrogen functional groups attached to an aromatic ring is 1. The van der Waals surface area contributed by atoms with Gasteiger partial charge in [0.25, 0.3) is 0 Å². The third-order valence-electron chi connectivity index (χ3n) is 3.07. The average Bonchev–Trinajstić information content (AvgIpc) is 2.47. The van der Waals surface area contributed by atoms with Crippen LogP contribution in [0.15, 0.2) is 18.2 Å². The quantitative estimate of drug-likeness (QED) is 0.546. The number of carbonyl (C=O) groups is 2. The molecule has 0 spiro atoms. The fraction of sp³-hybridized carbons (Fsp3) is 0.429. The minimum Gasteiger partial charge on any atom is -0.398 e. The van der Waals surface area contributed by atoms with Crippen LogP contribution in [0.3, 0.4) is 0 Å². The Morgan fingerprint density at radius 3 is 2.48 bits per heavy atom. The van der Waals surface area contributed by atoms with Crippen LogP contribution in [-0.2, 0) is 9.59 Å². The average molecular weight is 313 g/mol. The third kappa shape index (κ3) is 5.61. The van der Waals surface area contributed by atoms with E-state index in [1.165, 1.54) is 6.07 Å². The second-order valence-electron chi connectivity index (χ2n) is 4.47. The van der Waals surface area contributed by atoms with Crippen LogP contribution in [0.2, 0.25) is 5.02 Å². The Bertz CT molecular complexity index is 504. The van der Waals surface area contributed by atoms with Gasteiger partial charge in [0, 0.05) is 18.8 Å². The normalized spacial score (nSPS) is 10.5. The van der Waals surface area contributed by atoms with Crippen LogP contribution in [0.4, 0.5) is 11.4 Å². The van der Waals surface area contributed by atoms with Crippen LogP contribution in [0.5, 0.6) is 0 Å². The van der Waals surface area contributed by atoms with Crippen molar-refractivity contribution in [2.24, 2.45) is 0 Å². The molecule has 0 aliphatic rings. The SMILES string of the molecule is CCN(CC)CCNC(=O)C(=O)Nc1ccc(N)c(Cl)c1. The van der Waals surface area contributed by atoms with Crippen LogP contribution in [0, 0.1) is 0 Å². The molecule has 0 unspecified atom stereocenters. The highest BCUT2D eigenvalue weighted by Crippen LogP contribution is 2.22. The lowest BCUT2D eigenvalue weighted by Gasteiger charge is -2.17. The first-order chi connectivity index (χ1) is 9.97. The molecule has 0 fully saturated rings. The van der Waals surface area contributed by atoms with Crippen molar-refractivity contribution in [1.82, 2.24) is 10.2 Å². The maximum atomic E-state index is 11.7.